The Bertz CT molecular complexity index is 289. The van der Waals surface area contributed by atoms with Crippen LogP contribution in [0.3, 0.4) is 0 Å². The Morgan fingerprint density at radius 3 is 2.08 bits per heavy atom. The lowest BCUT2D eigenvalue weighted by atomic mass is 10.6. The molecule has 0 saturated carbocycles. The summed E-state index contributed by atoms with van der Waals surface area (Å²) < 4.78 is 36.6. The van der Waals surface area contributed by atoms with Crippen LogP contribution in [0.4, 0.5) is 0 Å². The zero-order valence-electron chi connectivity index (χ0n) is 7.76. The molecule has 0 aromatic rings. The first-order chi connectivity index (χ1) is 5.94. The van der Waals surface area contributed by atoms with Crippen molar-refractivity contribution in [2.24, 2.45) is 0 Å². The van der Waals surface area contributed by atoms with Crippen LogP contribution in [0.2, 0.25) is 0 Å². The normalized spacial score (nSPS) is 22.4. The molecule has 0 aliphatic carbocycles. The fourth-order valence-corrected chi connectivity index (χ4v) is 3.47. The second-order valence-electron chi connectivity index (χ2n) is 3.04. The monoisotopic (exact) mass is 226 g/mol. The molecule has 0 atom stereocenters. The molecule has 0 unspecified atom stereocenters. The first-order valence-electron chi connectivity index (χ1n) is 3.97. The van der Waals surface area contributed by atoms with E-state index in [9.17, 15) is 12.6 Å². The molecule has 1 rings (SSSR count). The SMILES string of the molecule is CN(C)S(=O)(=O)N1CCS(=O)CC1. The molecule has 0 aromatic carbocycles. The van der Waals surface area contributed by atoms with Gasteiger partial charge in [-0.2, -0.15) is 17.0 Å². The fraction of sp³-hybridized carbons (Fsp3) is 1.00. The highest BCUT2D eigenvalue weighted by Crippen LogP contribution is 2.08. The van der Waals surface area contributed by atoms with Crippen molar-refractivity contribution < 1.29 is 12.6 Å². The van der Waals surface area contributed by atoms with E-state index in [1.54, 1.807) is 0 Å². The molecule has 0 bridgehead atoms. The molecule has 1 saturated heterocycles. The Balaban J connectivity index is 2.69. The quantitative estimate of drug-likeness (QED) is 0.598. The van der Waals surface area contributed by atoms with E-state index >= 15 is 0 Å². The van der Waals surface area contributed by atoms with Crippen LogP contribution in [0, 0.1) is 0 Å². The molecule has 1 aliphatic heterocycles. The van der Waals surface area contributed by atoms with E-state index in [-0.39, 0.29) is 0 Å². The van der Waals surface area contributed by atoms with E-state index in [2.05, 4.69) is 0 Å². The molecule has 0 amide bonds. The molecule has 78 valence electrons. The van der Waals surface area contributed by atoms with Crippen LogP contribution in [0.15, 0.2) is 0 Å². The highest BCUT2D eigenvalue weighted by molar-refractivity contribution is 7.87. The van der Waals surface area contributed by atoms with Crippen molar-refractivity contribution in [1.29, 1.82) is 0 Å². The highest BCUT2D eigenvalue weighted by Gasteiger charge is 2.27. The first kappa shape index (κ1) is 11.1. The summed E-state index contributed by atoms with van der Waals surface area (Å²) in [6.45, 7) is 0.736. The molecule has 0 N–H and O–H groups in total. The topological polar surface area (TPSA) is 57.7 Å². The first-order valence-corrected chi connectivity index (χ1v) is 6.85. The van der Waals surface area contributed by atoms with Crippen molar-refractivity contribution in [3.63, 3.8) is 0 Å². The van der Waals surface area contributed by atoms with Gasteiger partial charge >= 0.3 is 0 Å². The third kappa shape index (κ3) is 2.49. The van der Waals surface area contributed by atoms with Gasteiger partial charge in [0.2, 0.25) is 0 Å². The van der Waals surface area contributed by atoms with Gasteiger partial charge < -0.3 is 0 Å². The van der Waals surface area contributed by atoms with Gasteiger partial charge in [0.25, 0.3) is 10.2 Å². The zero-order valence-corrected chi connectivity index (χ0v) is 9.40. The van der Waals surface area contributed by atoms with E-state index in [0.29, 0.717) is 24.6 Å². The van der Waals surface area contributed by atoms with Gasteiger partial charge in [-0.05, 0) is 0 Å². The lowest BCUT2D eigenvalue weighted by Gasteiger charge is -2.27. The largest absolute Gasteiger partial charge is 0.281 e. The molecule has 0 radical (unpaired) electrons. The van der Waals surface area contributed by atoms with Gasteiger partial charge in [-0.15, -0.1) is 0 Å². The minimum atomic E-state index is -3.29. The van der Waals surface area contributed by atoms with Gasteiger partial charge in [-0.1, -0.05) is 0 Å². The maximum Gasteiger partial charge on any atom is 0.281 e. The Morgan fingerprint density at radius 1 is 1.23 bits per heavy atom. The van der Waals surface area contributed by atoms with Crippen molar-refractivity contribution in [3.05, 3.63) is 0 Å². The van der Waals surface area contributed by atoms with E-state index < -0.39 is 21.0 Å². The highest BCUT2D eigenvalue weighted by atomic mass is 32.2. The standard InChI is InChI=1S/C6H14N2O3S2/c1-7(2)13(10,11)8-3-5-12(9)6-4-8/h3-6H2,1-2H3. The zero-order chi connectivity index (χ0) is 10.1. The summed E-state index contributed by atoms with van der Waals surface area (Å²) in [5, 5.41) is 0. The van der Waals surface area contributed by atoms with Gasteiger partial charge in [0, 0.05) is 49.5 Å². The minimum Gasteiger partial charge on any atom is -0.259 e. The summed E-state index contributed by atoms with van der Waals surface area (Å²) in [5.41, 5.74) is 0. The second kappa shape index (κ2) is 4.04. The third-order valence-electron chi connectivity index (χ3n) is 1.92. The Hall–Kier alpha value is 0.0200. The molecule has 5 nitrogen and oxygen atoms in total. The van der Waals surface area contributed by atoms with Gasteiger partial charge in [-0.25, -0.2) is 0 Å². The lowest BCUT2D eigenvalue weighted by Crippen LogP contribution is -2.46. The molecular formula is C6H14N2O3S2. The number of rotatable bonds is 2. The van der Waals surface area contributed by atoms with Crippen LogP contribution in [0.25, 0.3) is 0 Å². The van der Waals surface area contributed by atoms with Crippen molar-refractivity contribution in [2.75, 3.05) is 38.7 Å². The summed E-state index contributed by atoms with van der Waals surface area (Å²) >= 11 is 0. The Morgan fingerprint density at radius 2 is 1.69 bits per heavy atom. The molecular weight excluding hydrogens is 212 g/mol. The molecule has 7 heteroatoms. The van der Waals surface area contributed by atoms with Gasteiger partial charge in [-0.3, -0.25) is 4.21 Å². The van der Waals surface area contributed by atoms with Crippen molar-refractivity contribution in [1.82, 2.24) is 8.61 Å². The van der Waals surface area contributed by atoms with Crippen LogP contribution in [-0.2, 0) is 21.0 Å². The van der Waals surface area contributed by atoms with Gasteiger partial charge in [0.15, 0.2) is 0 Å². The van der Waals surface area contributed by atoms with Crippen molar-refractivity contribution in [2.45, 2.75) is 0 Å². The Kier molecular flexibility index (Phi) is 3.44. The van der Waals surface area contributed by atoms with E-state index in [4.69, 9.17) is 0 Å². The van der Waals surface area contributed by atoms with Crippen LogP contribution in [0.5, 0.6) is 0 Å². The van der Waals surface area contributed by atoms with E-state index in [1.165, 1.54) is 22.7 Å². The molecule has 1 aliphatic rings. The average molecular weight is 226 g/mol. The maximum atomic E-state index is 11.5. The van der Waals surface area contributed by atoms with Gasteiger partial charge in [0.05, 0.1) is 0 Å². The number of hydrogen-bond acceptors (Lipinski definition) is 3. The van der Waals surface area contributed by atoms with Crippen LogP contribution in [0.1, 0.15) is 0 Å². The number of nitrogens with zero attached hydrogens (tertiary/aromatic N) is 2. The molecule has 0 spiro atoms. The summed E-state index contributed by atoms with van der Waals surface area (Å²) in [6.07, 6.45) is 0. The predicted octanol–water partition coefficient (Wildman–Crippen LogP) is -1.14. The van der Waals surface area contributed by atoms with Crippen LogP contribution >= 0.6 is 0 Å². The lowest BCUT2D eigenvalue weighted by molar-refractivity contribution is 0.395. The van der Waals surface area contributed by atoms with E-state index in [1.807, 2.05) is 0 Å². The fourth-order valence-electron chi connectivity index (χ4n) is 1.08. The maximum absolute atomic E-state index is 11.5. The minimum absolute atomic E-state index is 0.368. The summed E-state index contributed by atoms with van der Waals surface area (Å²) in [4.78, 5) is 0. The van der Waals surface area contributed by atoms with Gasteiger partial charge in [0.1, 0.15) is 0 Å². The molecule has 1 heterocycles. The molecule has 1 fully saturated rings. The molecule has 13 heavy (non-hydrogen) atoms. The smallest absolute Gasteiger partial charge is 0.259 e. The predicted molar refractivity (Wildman–Crippen MR) is 52.1 cm³/mol. The summed E-state index contributed by atoms with van der Waals surface area (Å²) in [5.74, 6) is 0.903. The Labute approximate surface area is 81.3 Å². The number of hydrogen-bond donors (Lipinski definition) is 0. The third-order valence-corrected chi connectivity index (χ3v) is 5.14. The van der Waals surface area contributed by atoms with E-state index in [0.717, 1.165) is 0 Å². The van der Waals surface area contributed by atoms with Crippen molar-refractivity contribution in [3.8, 4) is 0 Å². The summed E-state index contributed by atoms with van der Waals surface area (Å²) in [6, 6.07) is 0. The average Bonchev–Trinajstić information content (AvgIpc) is 2.04. The van der Waals surface area contributed by atoms with Crippen LogP contribution in [-0.4, -0.2) is 59.9 Å². The molecule has 0 aromatic heterocycles. The van der Waals surface area contributed by atoms with Crippen molar-refractivity contribution >= 4 is 21.0 Å². The second-order valence-corrected chi connectivity index (χ2v) is 6.88. The van der Waals surface area contributed by atoms with Crippen LogP contribution < -0.4 is 0 Å². The summed E-state index contributed by atoms with van der Waals surface area (Å²) in [7, 11) is -1.12.